The molecule has 1 aromatic heterocycles. The van der Waals surface area contributed by atoms with Crippen LogP contribution in [0.2, 0.25) is 0 Å². The van der Waals surface area contributed by atoms with Crippen molar-refractivity contribution < 1.29 is 4.74 Å². The van der Waals surface area contributed by atoms with Crippen molar-refractivity contribution in [1.29, 1.82) is 0 Å². The molecule has 1 unspecified atom stereocenters. The van der Waals surface area contributed by atoms with Gasteiger partial charge in [0.05, 0.1) is 30.5 Å². The molecular formula is C18H26IN5OS. The molecule has 0 amide bonds. The second kappa shape index (κ2) is 9.96. The number of hydrogen-bond acceptors (Lipinski definition) is 5. The zero-order valence-corrected chi connectivity index (χ0v) is 18.5. The second-order valence-corrected chi connectivity index (χ2v) is 6.97. The summed E-state index contributed by atoms with van der Waals surface area (Å²) in [6.07, 6.45) is 1.07. The first-order valence-electron chi connectivity index (χ1n) is 8.45. The molecule has 0 saturated carbocycles. The zero-order valence-electron chi connectivity index (χ0n) is 15.4. The van der Waals surface area contributed by atoms with E-state index in [1.807, 2.05) is 31.6 Å². The lowest BCUT2D eigenvalue weighted by Crippen LogP contribution is -2.44. The predicted molar refractivity (Wildman–Crippen MR) is 119 cm³/mol. The summed E-state index contributed by atoms with van der Waals surface area (Å²) in [6, 6.07) is 8.53. The van der Waals surface area contributed by atoms with Gasteiger partial charge in [0.25, 0.3) is 0 Å². The number of nitrogens with one attached hydrogen (secondary N) is 2. The van der Waals surface area contributed by atoms with E-state index < -0.39 is 0 Å². The molecule has 1 aliphatic rings. The molecule has 2 N–H and O–H groups in total. The Balaban J connectivity index is 0.00000243. The normalized spacial score (nSPS) is 17.0. The van der Waals surface area contributed by atoms with Crippen LogP contribution in [0.3, 0.4) is 0 Å². The van der Waals surface area contributed by atoms with Crippen molar-refractivity contribution in [3.8, 4) is 5.75 Å². The minimum Gasteiger partial charge on any atom is -0.495 e. The van der Waals surface area contributed by atoms with Crippen LogP contribution in [0.15, 0.2) is 34.8 Å². The number of guanidine groups is 1. The number of aromatic nitrogens is 1. The number of benzene rings is 1. The largest absolute Gasteiger partial charge is 0.495 e. The summed E-state index contributed by atoms with van der Waals surface area (Å²) >= 11 is 1.67. The molecule has 0 radical (unpaired) electrons. The summed E-state index contributed by atoms with van der Waals surface area (Å²) < 4.78 is 5.48. The van der Waals surface area contributed by atoms with Gasteiger partial charge in [-0.15, -0.1) is 35.3 Å². The number of rotatable bonds is 5. The van der Waals surface area contributed by atoms with Crippen molar-refractivity contribution in [2.75, 3.05) is 32.1 Å². The van der Waals surface area contributed by atoms with Gasteiger partial charge in [-0.25, -0.2) is 4.98 Å². The quantitative estimate of drug-likeness (QED) is 0.386. The molecule has 0 bridgehead atoms. The highest BCUT2D eigenvalue weighted by atomic mass is 127. The molecule has 2 heterocycles. The van der Waals surface area contributed by atoms with Crippen molar-refractivity contribution in [2.24, 2.45) is 4.99 Å². The van der Waals surface area contributed by atoms with Crippen molar-refractivity contribution in [2.45, 2.75) is 25.9 Å². The fourth-order valence-corrected chi connectivity index (χ4v) is 3.75. The Bertz CT molecular complexity index is 736. The van der Waals surface area contributed by atoms with Gasteiger partial charge in [-0.1, -0.05) is 12.1 Å². The Morgan fingerprint density at radius 2 is 2.23 bits per heavy atom. The maximum Gasteiger partial charge on any atom is 0.191 e. The number of anilines is 1. The number of hydrogen-bond donors (Lipinski definition) is 2. The summed E-state index contributed by atoms with van der Waals surface area (Å²) in [4.78, 5) is 12.2. The molecule has 8 heteroatoms. The number of nitrogens with zero attached hydrogens (tertiary/aromatic N) is 3. The zero-order chi connectivity index (χ0) is 17.6. The molecule has 1 aromatic carbocycles. The molecule has 1 aliphatic heterocycles. The molecule has 1 fully saturated rings. The maximum absolute atomic E-state index is 5.48. The van der Waals surface area contributed by atoms with Crippen molar-refractivity contribution in [1.82, 2.24) is 15.6 Å². The Morgan fingerprint density at radius 3 is 2.92 bits per heavy atom. The topological polar surface area (TPSA) is 61.8 Å². The molecule has 2 aromatic rings. The molecule has 26 heavy (non-hydrogen) atoms. The summed E-state index contributed by atoms with van der Waals surface area (Å²) in [5.41, 5.74) is 4.11. The summed E-state index contributed by atoms with van der Waals surface area (Å²) in [5, 5.41) is 6.91. The van der Waals surface area contributed by atoms with E-state index in [1.54, 1.807) is 18.4 Å². The van der Waals surface area contributed by atoms with Gasteiger partial charge in [0.2, 0.25) is 0 Å². The van der Waals surface area contributed by atoms with E-state index in [-0.39, 0.29) is 24.0 Å². The third-order valence-electron chi connectivity index (χ3n) is 4.44. The van der Waals surface area contributed by atoms with Crippen LogP contribution in [0.1, 0.15) is 17.0 Å². The standard InChI is InChI=1S/C18H25N5OS.HI/c1-13-17(25-12-21-13)10-20-18(19-2)22-14-8-9-23(11-14)15-6-4-5-7-16(15)24-3;/h4-7,12,14H,8-11H2,1-3H3,(H2,19,20,22);1H. The van der Waals surface area contributed by atoms with Gasteiger partial charge >= 0.3 is 0 Å². The number of aryl methyl sites for hydroxylation is 1. The van der Waals surface area contributed by atoms with Crippen LogP contribution in [0, 0.1) is 6.92 Å². The third kappa shape index (κ3) is 5.00. The van der Waals surface area contributed by atoms with Crippen LogP contribution in [-0.2, 0) is 6.54 Å². The SMILES string of the molecule is CN=C(NCc1scnc1C)NC1CCN(c2ccccc2OC)C1.I. The van der Waals surface area contributed by atoms with Gasteiger partial charge in [0, 0.05) is 31.1 Å². The first kappa shape index (κ1) is 20.8. The minimum atomic E-state index is 0. The highest BCUT2D eigenvalue weighted by Crippen LogP contribution is 2.30. The van der Waals surface area contributed by atoms with E-state index in [1.165, 1.54) is 4.88 Å². The Kier molecular flexibility index (Phi) is 7.95. The van der Waals surface area contributed by atoms with Crippen LogP contribution in [-0.4, -0.2) is 44.2 Å². The highest BCUT2D eigenvalue weighted by Gasteiger charge is 2.25. The Hall–Kier alpha value is -1.55. The van der Waals surface area contributed by atoms with E-state index in [2.05, 4.69) is 37.6 Å². The smallest absolute Gasteiger partial charge is 0.191 e. The number of aliphatic imine (C=N–C) groups is 1. The van der Waals surface area contributed by atoms with E-state index >= 15 is 0 Å². The summed E-state index contributed by atoms with van der Waals surface area (Å²) in [7, 11) is 3.53. The fraction of sp³-hybridized carbons (Fsp3) is 0.444. The van der Waals surface area contributed by atoms with Gasteiger partial charge in [-0.2, -0.15) is 0 Å². The number of para-hydroxylation sites is 2. The Morgan fingerprint density at radius 1 is 1.42 bits per heavy atom. The number of methoxy groups -OCH3 is 1. The molecule has 0 aliphatic carbocycles. The van der Waals surface area contributed by atoms with Gasteiger partial charge in [0.15, 0.2) is 5.96 Å². The van der Waals surface area contributed by atoms with Gasteiger partial charge in [-0.3, -0.25) is 4.99 Å². The van der Waals surface area contributed by atoms with Crippen LogP contribution in [0.25, 0.3) is 0 Å². The van der Waals surface area contributed by atoms with Crippen molar-refractivity contribution >= 4 is 47.0 Å². The summed E-state index contributed by atoms with van der Waals surface area (Å²) in [5.74, 6) is 1.76. The number of halogens is 1. The average molecular weight is 487 g/mol. The predicted octanol–water partition coefficient (Wildman–Crippen LogP) is 3.02. The number of ether oxygens (including phenoxy) is 1. The molecular weight excluding hydrogens is 461 g/mol. The Labute approximate surface area is 176 Å². The third-order valence-corrected chi connectivity index (χ3v) is 5.37. The maximum atomic E-state index is 5.48. The first-order chi connectivity index (χ1) is 12.2. The van der Waals surface area contributed by atoms with Crippen LogP contribution in [0.4, 0.5) is 5.69 Å². The minimum absolute atomic E-state index is 0. The van der Waals surface area contributed by atoms with Crippen molar-refractivity contribution in [3.05, 3.63) is 40.3 Å². The highest BCUT2D eigenvalue weighted by molar-refractivity contribution is 14.0. The molecule has 142 valence electrons. The number of thiazole rings is 1. The lowest BCUT2D eigenvalue weighted by atomic mass is 10.2. The summed E-state index contributed by atoms with van der Waals surface area (Å²) in [6.45, 7) is 4.72. The fourth-order valence-electron chi connectivity index (χ4n) is 3.04. The molecule has 6 nitrogen and oxygen atoms in total. The molecule has 1 atom stereocenters. The van der Waals surface area contributed by atoms with Crippen LogP contribution >= 0.6 is 35.3 Å². The van der Waals surface area contributed by atoms with Gasteiger partial charge in [0.1, 0.15) is 5.75 Å². The van der Waals surface area contributed by atoms with E-state index in [4.69, 9.17) is 4.74 Å². The first-order valence-corrected chi connectivity index (χ1v) is 9.33. The van der Waals surface area contributed by atoms with Crippen LogP contribution in [0.5, 0.6) is 5.75 Å². The molecule has 0 spiro atoms. The van der Waals surface area contributed by atoms with Crippen molar-refractivity contribution in [3.63, 3.8) is 0 Å². The van der Waals surface area contributed by atoms with E-state index in [9.17, 15) is 0 Å². The van der Waals surface area contributed by atoms with E-state index in [0.29, 0.717) is 6.04 Å². The second-order valence-electron chi connectivity index (χ2n) is 6.03. The van der Waals surface area contributed by atoms with E-state index in [0.717, 1.165) is 49.1 Å². The lowest BCUT2D eigenvalue weighted by molar-refractivity contribution is 0.415. The molecule has 1 saturated heterocycles. The molecule has 3 rings (SSSR count). The van der Waals surface area contributed by atoms with Gasteiger partial charge in [-0.05, 0) is 25.5 Å². The lowest BCUT2D eigenvalue weighted by Gasteiger charge is -2.22. The van der Waals surface area contributed by atoms with Gasteiger partial charge < -0.3 is 20.3 Å². The average Bonchev–Trinajstić information content (AvgIpc) is 3.27. The van der Waals surface area contributed by atoms with Crippen LogP contribution < -0.4 is 20.3 Å². The monoisotopic (exact) mass is 487 g/mol.